The van der Waals surface area contributed by atoms with Crippen LogP contribution in [0.3, 0.4) is 0 Å². The van der Waals surface area contributed by atoms with Gasteiger partial charge in [0, 0.05) is 13.6 Å². The van der Waals surface area contributed by atoms with Gasteiger partial charge in [-0.3, -0.25) is 9.59 Å². The average molecular weight is 405 g/mol. The van der Waals surface area contributed by atoms with Crippen molar-refractivity contribution in [3.05, 3.63) is 82.0 Å². The standard InChI is InChI=1S/C19H15ClF2N4O2/c1-26-17(24-18(27)13-4-2-3-5-14(13)20)15(22)16(25-26)19(28)23-10-11-6-8-12(21)9-7-11/h2-9H,10H2,1H3,(H,23,28)(H,24,27). The van der Waals surface area contributed by atoms with Gasteiger partial charge in [-0.1, -0.05) is 35.9 Å². The van der Waals surface area contributed by atoms with Crippen molar-refractivity contribution in [3.63, 3.8) is 0 Å². The van der Waals surface area contributed by atoms with Crippen LogP contribution in [0.5, 0.6) is 0 Å². The minimum atomic E-state index is -0.973. The lowest BCUT2D eigenvalue weighted by Crippen LogP contribution is -2.24. The molecule has 3 aromatic rings. The van der Waals surface area contributed by atoms with Gasteiger partial charge in [0.2, 0.25) is 0 Å². The Morgan fingerprint density at radius 3 is 2.43 bits per heavy atom. The highest BCUT2D eigenvalue weighted by molar-refractivity contribution is 6.34. The Morgan fingerprint density at radius 1 is 1.07 bits per heavy atom. The number of hydrogen-bond donors (Lipinski definition) is 2. The molecule has 1 aromatic heterocycles. The normalized spacial score (nSPS) is 10.6. The van der Waals surface area contributed by atoms with Crippen LogP contribution < -0.4 is 10.6 Å². The Balaban J connectivity index is 1.74. The van der Waals surface area contributed by atoms with Crippen molar-refractivity contribution in [2.75, 3.05) is 5.32 Å². The minimum absolute atomic E-state index is 0.0659. The third kappa shape index (κ3) is 4.17. The molecule has 2 N–H and O–H groups in total. The summed E-state index contributed by atoms with van der Waals surface area (Å²) in [6.07, 6.45) is 0. The molecule has 2 amide bonds. The van der Waals surface area contributed by atoms with Crippen LogP contribution in [0.25, 0.3) is 0 Å². The summed E-state index contributed by atoms with van der Waals surface area (Å²) in [5, 5.41) is 8.91. The van der Waals surface area contributed by atoms with E-state index < -0.39 is 29.1 Å². The summed E-state index contributed by atoms with van der Waals surface area (Å²) < 4.78 is 28.6. The van der Waals surface area contributed by atoms with E-state index in [0.29, 0.717) is 5.56 Å². The molecule has 0 aliphatic heterocycles. The molecular formula is C19H15ClF2N4O2. The molecule has 3 rings (SSSR count). The Labute approximate surface area is 164 Å². The molecule has 0 radical (unpaired) electrons. The monoisotopic (exact) mass is 404 g/mol. The zero-order valence-electron chi connectivity index (χ0n) is 14.7. The van der Waals surface area contributed by atoms with Crippen LogP contribution >= 0.6 is 11.6 Å². The Hall–Kier alpha value is -3.26. The highest BCUT2D eigenvalue weighted by Crippen LogP contribution is 2.21. The van der Waals surface area contributed by atoms with Crippen molar-refractivity contribution >= 4 is 29.2 Å². The van der Waals surface area contributed by atoms with Crippen molar-refractivity contribution in [2.45, 2.75) is 6.54 Å². The maximum atomic E-state index is 14.7. The molecule has 0 unspecified atom stereocenters. The molecule has 144 valence electrons. The van der Waals surface area contributed by atoms with Gasteiger partial charge in [-0.25, -0.2) is 13.5 Å². The summed E-state index contributed by atoms with van der Waals surface area (Å²) in [6, 6.07) is 11.8. The van der Waals surface area contributed by atoms with Gasteiger partial charge in [-0.2, -0.15) is 5.10 Å². The molecule has 0 bridgehead atoms. The third-order valence-electron chi connectivity index (χ3n) is 3.92. The number of aryl methyl sites for hydroxylation is 1. The van der Waals surface area contributed by atoms with E-state index in [1.807, 2.05) is 0 Å². The van der Waals surface area contributed by atoms with Crippen molar-refractivity contribution in [2.24, 2.45) is 7.05 Å². The van der Waals surface area contributed by atoms with Gasteiger partial charge < -0.3 is 10.6 Å². The summed E-state index contributed by atoms with van der Waals surface area (Å²) in [6.45, 7) is 0.0659. The van der Waals surface area contributed by atoms with Gasteiger partial charge in [0.1, 0.15) is 5.82 Å². The number of carbonyl (C=O) groups is 2. The van der Waals surface area contributed by atoms with Gasteiger partial charge in [0.05, 0.1) is 10.6 Å². The largest absolute Gasteiger partial charge is 0.346 e. The molecule has 0 spiro atoms. The third-order valence-corrected chi connectivity index (χ3v) is 4.25. The van der Waals surface area contributed by atoms with Gasteiger partial charge in [-0.05, 0) is 29.8 Å². The number of nitrogens with one attached hydrogen (secondary N) is 2. The number of halogens is 3. The number of aromatic nitrogens is 2. The predicted molar refractivity (Wildman–Crippen MR) is 100 cm³/mol. The zero-order valence-corrected chi connectivity index (χ0v) is 15.4. The van der Waals surface area contributed by atoms with Crippen molar-refractivity contribution < 1.29 is 18.4 Å². The highest BCUT2D eigenvalue weighted by Gasteiger charge is 2.24. The zero-order chi connectivity index (χ0) is 20.3. The van der Waals surface area contributed by atoms with E-state index in [9.17, 15) is 18.4 Å². The minimum Gasteiger partial charge on any atom is -0.346 e. The summed E-state index contributed by atoms with van der Waals surface area (Å²) >= 11 is 5.97. The highest BCUT2D eigenvalue weighted by atomic mass is 35.5. The quantitative estimate of drug-likeness (QED) is 0.683. The molecule has 0 saturated heterocycles. The number of rotatable bonds is 5. The topological polar surface area (TPSA) is 76.0 Å². The van der Waals surface area contributed by atoms with Crippen molar-refractivity contribution in [3.8, 4) is 0 Å². The fourth-order valence-electron chi connectivity index (χ4n) is 2.47. The van der Waals surface area contributed by atoms with Crippen LogP contribution in [-0.2, 0) is 13.6 Å². The number of anilines is 1. The molecule has 2 aromatic carbocycles. The SMILES string of the molecule is Cn1nc(C(=O)NCc2ccc(F)cc2)c(F)c1NC(=O)c1ccccc1Cl. The number of amides is 2. The van der Waals surface area contributed by atoms with Crippen LogP contribution in [0.1, 0.15) is 26.4 Å². The predicted octanol–water partition coefficient (Wildman–Crippen LogP) is 3.53. The maximum Gasteiger partial charge on any atom is 0.275 e. The van der Waals surface area contributed by atoms with E-state index in [0.717, 1.165) is 4.68 Å². The van der Waals surface area contributed by atoms with Crippen molar-refractivity contribution in [1.82, 2.24) is 15.1 Å². The molecule has 1 heterocycles. The smallest absolute Gasteiger partial charge is 0.275 e. The lowest BCUT2D eigenvalue weighted by molar-refractivity contribution is 0.0940. The van der Waals surface area contributed by atoms with Gasteiger partial charge in [0.25, 0.3) is 11.8 Å². The number of nitrogens with zero attached hydrogens (tertiary/aromatic N) is 2. The van der Waals surface area contributed by atoms with E-state index >= 15 is 0 Å². The van der Waals surface area contributed by atoms with E-state index in [1.54, 1.807) is 12.1 Å². The Morgan fingerprint density at radius 2 is 1.75 bits per heavy atom. The lowest BCUT2D eigenvalue weighted by atomic mass is 10.2. The van der Waals surface area contributed by atoms with Gasteiger partial charge in [-0.15, -0.1) is 0 Å². The molecule has 28 heavy (non-hydrogen) atoms. The molecular weight excluding hydrogens is 390 g/mol. The molecule has 0 saturated carbocycles. The molecule has 0 aliphatic rings. The molecule has 9 heteroatoms. The first-order valence-corrected chi connectivity index (χ1v) is 8.55. The Bertz CT molecular complexity index is 1030. The molecule has 0 fully saturated rings. The first-order valence-electron chi connectivity index (χ1n) is 8.18. The summed E-state index contributed by atoms with van der Waals surface area (Å²) in [5.74, 6) is -3.04. The number of hydrogen-bond acceptors (Lipinski definition) is 3. The van der Waals surface area contributed by atoms with E-state index in [2.05, 4.69) is 15.7 Å². The van der Waals surface area contributed by atoms with Crippen LogP contribution in [0.2, 0.25) is 5.02 Å². The summed E-state index contributed by atoms with van der Waals surface area (Å²) in [7, 11) is 1.39. The average Bonchev–Trinajstić information content (AvgIpc) is 2.96. The molecule has 6 nitrogen and oxygen atoms in total. The van der Waals surface area contributed by atoms with E-state index in [1.165, 1.54) is 43.4 Å². The fraction of sp³-hybridized carbons (Fsp3) is 0.105. The van der Waals surface area contributed by atoms with Crippen LogP contribution in [-0.4, -0.2) is 21.6 Å². The van der Waals surface area contributed by atoms with Crippen LogP contribution in [0.15, 0.2) is 48.5 Å². The summed E-state index contributed by atoms with van der Waals surface area (Å²) in [5.41, 5.74) is 0.324. The van der Waals surface area contributed by atoms with Gasteiger partial charge in [0.15, 0.2) is 17.3 Å². The maximum absolute atomic E-state index is 14.7. The second-order valence-corrected chi connectivity index (χ2v) is 6.29. The Kier molecular flexibility index (Phi) is 5.70. The van der Waals surface area contributed by atoms with Crippen molar-refractivity contribution in [1.29, 1.82) is 0 Å². The molecule has 0 atom stereocenters. The molecule has 0 aliphatic carbocycles. The van der Waals surface area contributed by atoms with Gasteiger partial charge >= 0.3 is 0 Å². The second-order valence-electron chi connectivity index (χ2n) is 5.88. The van der Waals surface area contributed by atoms with Crippen LogP contribution in [0.4, 0.5) is 14.6 Å². The fourth-order valence-corrected chi connectivity index (χ4v) is 2.69. The summed E-state index contributed by atoms with van der Waals surface area (Å²) in [4.78, 5) is 24.6. The van der Waals surface area contributed by atoms with E-state index in [-0.39, 0.29) is 22.9 Å². The number of benzene rings is 2. The lowest BCUT2D eigenvalue weighted by Gasteiger charge is -2.06. The van der Waals surface area contributed by atoms with E-state index in [4.69, 9.17) is 11.6 Å². The second kappa shape index (κ2) is 8.18. The first kappa shape index (κ1) is 19.5. The van der Waals surface area contributed by atoms with Crippen LogP contribution in [0, 0.1) is 11.6 Å². The first-order chi connectivity index (χ1) is 13.4. The number of carbonyl (C=O) groups excluding carboxylic acids is 2.